The van der Waals surface area contributed by atoms with Gasteiger partial charge in [-0.1, -0.05) is 38.1 Å². The summed E-state index contributed by atoms with van der Waals surface area (Å²) in [7, 11) is 0. The van der Waals surface area contributed by atoms with E-state index in [0.717, 1.165) is 46.5 Å². The first-order chi connectivity index (χ1) is 12.3. The maximum absolute atomic E-state index is 12.6. The molecule has 0 saturated heterocycles. The van der Waals surface area contributed by atoms with Gasteiger partial charge in [-0.25, -0.2) is 0 Å². The van der Waals surface area contributed by atoms with E-state index in [-0.39, 0.29) is 18.4 Å². The maximum atomic E-state index is 12.6. The molecule has 4 nitrogen and oxygen atoms in total. The molecule has 0 unspecified atom stereocenters. The summed E-state index contributed by atoms with van der Waals surface area (Å²) in [5, 5.41) is 2.92. The molecule has 0 aliphatic carbocycles. The second-order valence-corrected chi connectivity index (χ2v) is 6.66. The largest absolute Gasteiger partial charge is 0.325 e. The van der Waals surface area contributed by atoms with Crippen molar-refractivity contribution < 1.29 is 9.59 Å². The summed E-state index contributed by atoms with van der Waals surface area (Å²) < 4.78 is 0. The van der Waals surface area contributed by atoms with Gasteiger partial charge >= 0.3 is 0 Å². The van der Waals surface area contributed by atoms with Gasteiger partial charge in [0, 0.05) is 12.6 Å². The Kier molecular flexibility index (Phi) is 6.56. The van der Waals surface area contributed by atoms with E-state index < -0.39 is 0 Å². The lowest BCUT2D eigenvalue weighted by molar-refractivity contribution is -0.120. The lowest BCUT2D eigenvalue weighted by Crippen LogP contribution is -2.38. The molecule has 0 aromatic heterocycles. The second-order valence-electron chi connectivity index (χ2n) is 6.66. The molecule has 0 aliphatic rings. The van der Waals surface area contributed by atoms with Crippen molar-refractivity contribution in [3.8, 4) is 0 Å². The topological polar surface area (TPSA) is 49.4 Å². The minimum atomic E-state index is -0.196. The number of hydrogen-bond donors (Lipinski definition) is 1. The van der Waals surface area contributed by atoms with E-state index in [2.05, 4.69) is 25.2 Å². The Bertz CT molecular complexity index is 769. The van der Waals surface area contributed by atoms with E-state index in [1.165, 1.54) is 6.92 Å². The molecule has 26 heavy (non-hydrogen) atoms. The predicted molar refractivity (Wildman–Crippen MR) is 108 cm³/mol. The number of para-hydroxylation sites is 1. The number of nitrogens with zero attached hydrogens (tertiary/aromatic N) is 1. The van der Waals surface area contributed by atoms with E-state index in [1.54, 1.807) is 4.90 Å². The first kappa shape index (κ1) is 19.7. The zero-order chi connectivity index (χ0) is 19.3. The molecule has 2 rings (SSSR count). The fourth-order valence-electron chi connectivity index (χ4n) is 3.30. The highest BCUT2D eigenvalue weighted by molar-refractivity contribution is 6.02. The number of anilines is 2. The van der Waals surface area contributed by atoms with Gasteiger partial charge in [-0.2, -0.15) is 0 Å². The zero-order valence-corrected chi connectivity index (χ0v) is 16.3. The van der Waals surface area contributed by atoms with E-state index in [0.29, 0.717) is 0 Å². The van der Waals surface area contributed by atoms with Crippen molar-refractivity contribution in [2.45, 2.75) is 47.5 Å². The minimum Gasteiger partial charge on any atom is -0.325 e. The van der Waals surface area contributed by atoms with Gasteiger partial charge in [-0.05, 0) is 61.1 Å². The number of aryl methyl sites for hydroxylation is 4. The Morgan fingerprint density at radius 3 is 1.96 bits per heavy atom. The molecule has 0 spiro atoms. The third-order valence-electron chi connectivity index (χ3n) is 4.42. The number of rotatable bonds is 6. The molecule has 0 fully saturated rings. The molecular weight excluding hydrogens is 324 g/mol. The van der Waals surface area contributed by atoms with Gasteiger partial charge in [0.15, 0.2) is 0 Å². The van der Waals surface area contributed by atoms with Crippen molar-refractivity contribution in [1.82, 2.24) is 0 Å². The normalized spacial score (nSPS) is 10.5. The van der Waals surface area contributed by atoms with Gasteiger partial charge in [0.05, 0.1) is 5.69 Å². The number of amides is 2. The lowest BCUT2D eigenvalue weighted by atomic mass is 10.0. The molecule has 2 amide bonds. The van der Waals surface area contributed by atoms with Crippen LogP contribution in [0, 0.1) is 13.8 Å². The summed E-state index contributed by atoms with van der Waals surface area (Å²) in [4.78, 5) is 26.5. The van der Waals surface area contributed by atoms with Crippen molar-refractivity contribution in [2.24, 2.45) is 0 Å². The zero-order valence-electron chi connectivity index (χ0n) is 16.3. The third kappa shape index (κ3) is 4.72. The molecule has 0 radical (unpaired) electrons. The predicted octanol–water partition coefficient (Wildman–Crippen LogP) is 4.42. The Morgan fingerprint density at radius 2 is 1.50 bits per heavy atom. The van der Waals surface area contributed by atoms with Gasteiger partial charge in [0.1, 0.15) is 6.54 Å². The minimum absolute atomic E-state index is 0.00629. The molecular formula is C22H28N2O2. The van der Waals surface area contributed by atoms with Crippen LogP contribution in [-0.2, 0) is 22.4 Å². The Labute approximate surface area is 156 Å². The summed E-state index contributed by atoms with van der Waals surface area (Å²) in [6, 6.07) is 12.0. The van der Waals surface area contributed by atoms with Crippen LogP contribution in [0.3, 0.4) is 0 Å². The van der Waals surface area contributed by atoms with Crippen molar-refractivity contribution >= 4 is 23.2 Å². The molecule has 0 aliphatic heterocycles. The SMILES string of the molecule is CCc1cccc(CC)c1N(CC(=O)Nc1cc(C)cc(C)c1)C(C)=O. The van der Waals surface area contributed by atoms with Crippen molar-refractivity contribution in [2.75, 3.05) is 16.8 Å². The molecule has 0 bridgehead atoms. The standard InChI is InChI=1S/C22H28N2O2/c1-6-18-9-8-10-19(7-2)22(18)24(17(5)25)14-21(26)23-20-12-15(3)11-16(4)13-20/h8-13H,6-7,14H2,1-5H3,(H,23,26). The molecule has 0 atom stereocenters. The van der Waals surface area contributed by atoms with Crippen molar-refractivity contribution in [3.05, 3.63) is 58.7 Å². The second kappa shape index (κ2) is 8.65. The summed E-state index contributed by atoms with van der Waals surface area (Å²) in [6.07, 6.45) is 1.62. The van der Waals surface area contributed by atoms with Crippen LogP contribution in [0.2, 0.25) is 0 Å². The number of nitrogens with one attached hydrogen (secondary N) is 1. The Morgan fingerprint density at radius 1 is 0.962 bits per heavy atom. The van der Waals surface area contributed by atoms with Gasteiger partial charge in [-0.3, -0.25) is 9.59 Å². The van der Waals surface area contributed by atoms with E-state index in [1.807, 2.05) is 44.2 Å². The van der Waals surface area contributed by atoms with Gasteiger partial charge < -0.3 is 10.2 Å². The van der Waals surface area contributed by atoms with Crippen LogP contribution in [-0.4, -0.2) is 18.4 Å². The van der Waals surface area contributed by atoms with Crippen LogP contribution in [0.15, 0.2) is 36.4 Å². The Balaban J connectivity index is 2.29. The molecule has 0 heterocycles. The summed E-state index contributed by atoms with van der Waals surface area (Å²) in [5.74, 6) is -0.325. The Hall–Kier alpha value is -2.62. The summed E-state index contributed by atoms with van der Waals surface area (Å²) in [5.41, 5.74) is 5.98. The molecule has 1 N–H and O–H groups in total. The quantitative estimate of drug-likeness (QED) is 0.836. The third-order valence-corrected chi connectivity index (χ3v) is 4.42. The van der Waals surface area contributed by atoms with Crippen LogP contribution < -0.4 is 10.2 Å². The first-order valence-corrected chi connectivity index (χ1v) is 9.12. The highest BCUT2D eigenvalue weighted by Crippen LogP contribution is 2.27. The maximum Gasteiger partial charge on any atom is 0.244 e. The van der Waals surface area contributed by atoms with Crippen LogP contribution >= 0.6 is 0 Å². The lowest BCUT2D eigenvalue weighted by Gasteiger charge is -2.26. The average Bonchev–Trinajstić information content (AvgIpc) is 2.57. The molecule has 0 saturated carbocycles. The van der Waals surface area contributed by atoms with Crippen molar-refractivity contribution in [1.29, 1.82) is 0 Å². The number of benzene rings is 2. The summed E-state index contributed by atoms with van der Waals surface area (Å²) in [6.45, 7) is 9.63. The smallest absolute Gasteiger partial charge is 0.244 e. The number of hydrogen-bond acceptors (Lipinski definition) is 2. The van der Waals surface area contributed by atoms with Crippen LogP contribution in [0.4, 0.5) is 11.4 Å². The summed E-state index contributed by atoms with van der Waals surface area (Å²) >= 11 is 0. The van der Waals surface area contributed by atoms with Crippen LogP contribution in [0.1, 0.15) is 43.0 Å². The van der Waals surface area contributed by atoms with Gasteiger partial charge in [0.25, 0.3) is 0 Å². The van der Waals surface area contributed by atoms with Crippen LogP contribution in [0.5, 0.6) is 0 Å². The monoisotopic (exact) mass is 352 g/mol. The van der Waals surface area contributed by atoms with E-state index in [4.69, 9.17) is 0 Å². The number of carbonyl (C=O) groups is 2. The van der Waals surface area contributed by atoms with E-state index in [9.17, 15) is 9.59 Å². The highest BCUT2D eigenvalue weighted by atomic mass is 16.2. The highest BCUT2D eigenvalue weighted by Gasteiger charge is 2.21. The number of carbonyl (C=O) groups excluding carboxylic acids is 2. The fourth-order valence-corrected chi connectivity index (χ4v) is 3.30. The molecule has 4 heteroatoms. The van der Waals surface area contributed by atoms with Crippen LogP contribution in [0.25, 0.3) is 0 Å². The fraction of sp³-hybridized carbons (Fsp3) is 0.364. The molecule has 2 aromatic rings. The average molecular weight is 352 g/mol. The first-order valence-electron chi connectivity index (χ1n) is 9.12. The van der Waals surface area contributed by atoms with Crippen molar-refractivity contribution in [3.63, 3.8) is 0 Å². The molecule has 138 valence electrons. The molecule has 2 aromatic carbocycles. The van der Waals surface area contributed by atoms with Gasteiger partial charge in [0.2, 0.25) is 11.8 Å². The van der Waals surface area contributed by atoms with Gasteiger partial charge in [-0.15, -0.1) is 0 Å². The van der Waals surface area contributed by atoms with E-state index >= 15 is 0 Å².